The van der Waals surface area contributed by atoms with E-state index in [4.69, 9.17) is 0 Å². The second kappa shape index (κ2) is 7.84. The van der Waals surface area contributed by atoms with Crippen LogP contribution in [0.5, 0.6) is 0 Å². The molecule has 0 saturated carbocycles. The minimum absolute atomic E-state index is 0.177. The maximum Gasteiger partial charge on any atom is 0.278 e. The lowest BCUT2D eigenvalue weighted by Crippen LogP contribution is -2.36. The lowest BCUT2D eigenvalue weighted by molar-refractivity contribution is -0.122. The third kappa shape index (κ3) is 3.52. The molecule has 1 aliphatic carbocycles. The van der Waals surface area contributed by atoms with Crippen molar-refractivity contribution < 1.29 is 4.79 Å². The van der Waals surface area contributed by atoms with Crippen LogP contribution in [0.2, 0.25) is 0 Å². The van der Waals surface area contributed by atoms with Crippen molar-refractivity contribution in [3.8, 4) is 0 Å². The summed E-state index contributed by atoms with van der Waals surface area (Å²) in [5.74, 6) is -0.277. The van der Waals surface area contributed by atoms with E-state index in [1.807, 2.05) is 17.5 Å². The number of nitrogens with one attached hydrogen (secondary N) is 1. The first-order valence-electron chi connectivity index (χ1n) is 9.96. The van der Waals surface area contributed by atoms with Gasteiger partial charge in [0.2, 0.25) is 5.91 Å². The number of hydrogen-bond donors (Lipinski definition) is 1. The molecule has 0 bridgehead atoms. The fourth-order valence-electron chi connectivity index (χ4n) is 4.02. The number of benzene rings is 2. The van der Waals surface area contributed by atoms with Crippen LogP contribution >= 0.6 is 11.3 Å². The van der Waals surface area contributed by atoms with Gasteiger partial charge in [0.15, 0.2) is 0 Å². The van der Waals surface area contributed by atoms with E-state index in [0.717, 1.165) is 28.0 Å². The van der Waals surface area contributed by atoms with E-state index < -0.39 is 0 Å². The molecule has 1 atom stereocenters. The van der Waals surface area contributed by atoms with Crippen molar-refractivity contribution >= 4 is 28.1 Å². The topological polar surface area (TPSA) is 76.9 Å². The summed E-state index contributed by atoms with van der Waals surface area (Å²) in [6.45, 7) is -0.177. The van der Waals surface area contributed by atoms with Gasteiger partial charge in [-0.15, -0.1) is 16.4 Å². The van der Waals surface area contributed by atoms with Crippen molar-refractivity contribution in [2.24, 2.45) is 0 Å². The number of carbonyl (C=O) groups excluding carboxylic acids is 1. The van der Waals surface area contributed by atoms with Gasteiger partial charge in [-0.3, -0.25) is 9.59 Å². The van der Waals surface area contributed by atoms with Crippen molar-refractivity contribution in [1.29, 1.82) is 0 Å². The Hall–Kier alpha value is -3.32. The summed E-state index contributed by atoms with van der Waals surface area (Å²) < 4.78 is 1.12. The van der Waals surface area contributed by atoms with Gasteiger partial charge < -0.3 is 5.32 Å². The Morgan fingerprint density at radius 2 is 1.97 bits per heavy atom. The van der Waals surface area contributed by atoms with Gasteiger partial charge in [0.05, 0.1) is 11.4 Å². The summed E-state index contributed by atoms with van der Waals surface area (Å²) in [4.78, 5) is 26.6. The molecule has 6 nitrogen and oxygen atoms in total. The minimum atomic E-state index is -0.319. The van der Waals surface area contributed by atoms with Crippen LogP contribution in [-0.4, -0.2) is 20.9 Å². The van der Waals surface area contributed by atoms with Gasteiger partial charge in [-0.1, -0.05) is 41.6 Å². The van der Waals surface area contributed by atoms with Gasteiger partial charge in [0, 0.05) is 4.88 Å². The van der Waals surface area contributed by atoms with E-state index >= 15 is 0 Å². The number of aryl methyl sites for hydroxylation is 2. The van der Waals surface area contributed by atoms with Crippen molar-refractivity contribution in [1.82, 2.24) is 20.3 Å². The van der Waals surface area contributed by atoms with Crippen molar-refractivity contribution in [3.63, 3.8) is 0 Å². The molecule has 0 saturated heterocycles. The number of aromatic nitrogens is 3. The number of thiophene rings is 1. The fourth-order valence-corrected chi connectivity index (χ4v) is 4.82. The molecule has 2 heterocycles. The average molecular weight is 417 g/mol. The SMILES string of the molecule is O=C(Cn1nnc2ccccc2c1=O)N[C@H](c1ccc2c(c1)CCC2)c1cccs1. The normalized spacial score (nSPS) is 13.9. The second-order valence-electron chi connectivity index (χ2n) is 7.47. The van der Waals surface area contributed by atoms with Crippen LogP contribution in [0, 0.1) is 0 Å². The zero-order chi connectivity index (χ0) is 20.5. The van der Waals surface area contributed by atoms with Gasteiger partial charge >= 0.3 is 0 Å². The van der Waals surface area contributed by atoms with Crippen LogP contribution in [0.15, 0.2) is 64.8 Å². The van der Waals surface area contributed by atoms with Gasteiger partial charge in [0.25, 0.3) is 5.56 Å². The van der Waals surface area contributed by atoms with Crippen molar-refractivity contribution in [2.45, 2.75) is 31.8 Å². The largest absolute Gasteiger partial charge is 0.343 e. The number of nitrogens with zero attached hydrogens (tertiary/aromatic N) is 3. The van der Waals surface area contributed by atoms with E-state index in [1.165, 1.54) is 17.5 Å². The van der Waals surface area contributed by atoms with Gasteiger partial charge in [-0.25, -0.2) is 4.68 Å². The van der Waals surface area contributed by atoms with E-state index in [1.54, 1.807) is 35.6 Å². The predicted molar refractivity (Wildman–Crippen MR) is 117 cm³/mol. The Morgan fingerprint density at radius 1 is 1.10 bits per heavy atom. The van der Waals surface area contributed by atoms with Crippen molar-refractivity contribution in [2.75, 3.05) is 0 Å². The van der Waals surface area contributed by atoms with Gasteiger partial charge in [-0.2, -0.15) is 0 Å². The molecule has 5 rings (SSSR count). The highest BCUT2D eigenvalue weighted by Crippen LogP contribution is 2.30. The molecular formula is C23H20N4O2S. The maximum atomic E-state index is 12.9. The first-order chi connectivity index (χ1) is 14.7. The highest BCUT2D eigenvalue weighted by atomic mass is 32.1. The Balaban J connectivity index is 1.42. The zero-order valence-corrected chi connectivity index (χ0v) is 17.1. The van der Waals surface area contributed by atoms with E-state index in [2.05, 4.69) is 33.8 Å². The minimum Gasteiger partial charge on any atom is -0.343 e. The Bertz CT molecular complexity index is 1280. The van der Waals surface area contributed by atoms with E-state index in [9.17, 15) is 9.59 Å². The average Bonchev–Trinajstić information content (AvgIpc) is 3.46. The fraction of sp³-hybridized carbons (Fsp3) is 0.217. The highest BCUT2D eigenvalue weighted by molar-refractivity contribution is 7.10. The van der Waals surface area contributed by atoms with Crippen LogP contribution in [0.25, 0.3) is 10.9 Å². The van der Waals surface area contributed by atoms with Gasteiger partial charge in [-0.05, 0) is 59.5 Å². The summed E-state index contributed by atoms with van der Waals surface area (Å²) >= 11 is 1.60. The monoisotopic (exact) mass is 416 g/mol. The van der Waals surface area contributed by atoms with Crippen LogP contribution in [0.1, 0.15) is 34.0 Å². The van der Waals surface area contributed by atoms with E-state index in [-0.39, 0.29) is 24.1 Å². The molecule has 1 N–H and O–H groups in total. The zero-order valence-electron chi connectivity index (χ0n) is 16.2. The molecule has 4 aromatic rings. The number of carbonyl (C=O) groups is 1. The second-order valence-corrected chi connectivity index (χ2v) is 8.45. The number of fused-ring (bicyclic) bond motifs is 2. The lowest BCUT2D eigenvalue weighted by atomic mass is 10.00. The smallest absolute Gasteiger partial charge is 0.278 e. The van der Waals surface area contributed by atoms with Crippen molar-refractivity contribution in [3.05, 3.63) is 91.9 Å². The number of hydrogen-bond acceptors (Lipinski definition) is 5. The van der Waals surface area contributed by atoms with Crippen LogP contribution in [0.4, 0.5) is 0 Å². The first kappa shape index (κ1) is 18.7. The maximum absolute atomic E-state index is 12.9. The van der Waals surface area contributed by atoms with E-state index in [0.29, 0.717) is 10.9 Å². The van der Waals surface area contributed by atoms with Gasteiger partial charge in [0.1, 0.15) is 12.1 Å². The Morgan fingerprint density at radius 3 is 2.83 bits per heavy atom. The van der Waals surface area contributed by atoms with Crippen LogP contribution in [0.3, 0.4) is 0 Å². The molecule has 0 spiro atoms. The summed E-state index contributed by atoms with van der Waals surface area (Å²) in [5, 5.41) is 13.5. The predicted octanol–water partition coefficient (Wildman–Crippen LogP) is 3.25. The number of rotatable bonds is 5. The molecule has 2 aromatic heterocycles. The lowest BCUT2D eigenvalue weighted by Gasteiger charge is -2.19. The number of amides is 1. The molecule has 7 heteroatoms. The summed E-state index contributed by atoms with van der Waals surface area (Å²) in [6.07, 6.45) is 3.38. The molecule has 0 unspecified atom stereocenters. The first-order valence-corrected chi connectivity index (χ1v) is 10.8. The highest BCUT2D eigenvalue weighted by Gasteiger charge is 2.21. The standard InChI is InChI=1S/C23H20N4O2S/c28-21(14-27-23(29)18-7-1-2-8-19(18)25-26-27)24-22(20-9-4-12-30-20)17-11-10-15-5-3-6-16(15)13-17/h1-2,4,7-13,22H,3,5-6,14H2,(H,24,28)/t22-/m1/s1. The molecular weight excluding hydrogens is 396 g/mol. The summed E-state index contributed by atoms with van der Waals surface area (Å²) in [5.41, 5.74) is 4.02. The Labute approximate surface area is 177 Å². The molecule has 0 radical (unpaired) electrons. The third-order valence-corrected chi connectivity index (χ3v) is 6.45. The molecule has 2 aromatic carbocycles. The van der Waals surface area contributed by atoms with Crippen LogP contribution < -0.4 is 10.9 Å². The molecule has 1 amide bonds. The van der Waals surface area contributed by atoms with Crippen LogP contribution in [-0.2, 0) is 24.2 Å². The quantitative estimate of drug-likeness (QED) is 0.542. The summed E-state index contributed by atoms with van der Waals surface area (Å²) in [6, 6.07) is 17.2. The molecule has 1 aliphatic rings. The molecule has 0 fully saturated rings. The molecule has 30 heavy (non-hydrogen) atoms. The Kier molecular flexibility index (Phi) is 4.88. The third-order valence-electron chi connectivity index (χ3n) is 5.51. The molecule has 0 aliphatic heterocycles. The molecule has 150 valence electrons. The summed E-state index contributed by atoms with van der Waals surface area (Å²) in [7, 11) is 0.